The average Bonchev–Trinajstić information content (AvgIpc) is 2.60. The quantitative estimate of drug-likeness (QED) is 0.861. The van der Waals surface area contributed by atoms with Crippen molar-refractivity contribution < 1.29 is 9.21 Å². The van der Waals surface area contributed by atoms with Crippen LogP contribution < -0.4 is 5.32 Å². The largest absolute Gasteiger partial charge is 0.441 e. The molecular formula is C12H14N2O2. The Hall–Kier alpha value is -1.84. The number of oxazole rings is 1. The van der Waals surface area contributed by atoms with Gasteiger partial charge in [-0.15, -0.1) is 0 Å². The Labute approximate surface area is 93.7 Å². The van der Waals surface area contributed by atoms with Gasteiger partial charge >= 0.3 is 0 Å². The molecular weight excluding hydrogens is 204 g/mol. The molecule has 4 nitrogen and oxygen atoms in total. The molecule has 16 heavy (non-hydrogen) atoms. The molecule has 84 valence electrons. The molecule has 0 fully saturated rings. The standard InChI is InChI=1S/C12H14N2O2/c1-3-5-11(15)14-9-6-4-7-10-12(9)13-8(2)16-10/h4,6-7H,3,5H2,1-2H3,(H,14,15). The number of hydrogen-bond donors (Lipinski definition) is 1. The number of aryl methyl sites for hydroxylation is 1. The Bertz CT molecular complexity index is 517. The second kappa shape index (κ2) is 4.35. The van der Waals surface area contributed by atoms with E-state index >= 15 is 0 Å². The molecule has 0 bridgehead atoms. The van der Waals surface area contributed by atoms with E-state index in [1.165, 1.54) is 0 Å². The molecule has 2 aromatic rings. The van der Waals surface area contributed by atoms with Crippen molar-refractivity contribution in [3.8, 4) is 0 Å². The van der Waals surface area contributed by atoms with Crippen molar-refractivity contribution in [2.24, 2.45) is 0 Å². The maximum atomic E-state index is 11.5. The van der Waals surface area contributed by atoms with Gasteiger partial charge in [0.05, 0.1) is 5.69 Å². The summed E-state index contributed by atoms with van der Waals surface area (Å²) in [5.74, 6) is 0.614. The molecule has 0 spiro atoms. The van der Waals surface area contributed by atoms with Gasteiger partial charge in [-0.05, 0) is 18.6 Å². The predicted molar refractivity (Wildman–Crippen MR) is 62.3 cm³/mol. The van der Waals surface area contributed by atoms with Crippen LogP contribution in [0.25, 0.3) is 11.1 Å². The highest BCUT2D eigenvalue weighted by Crippen LogP contribution is 2.23. The highest BCUT2D eigenvalue weighted by Gasteiger charge is 2.09. The number of nitrogens with zero attached hydrogens (tertiary/aromatic N) is 1. The van der Waals surface area contributed by atoms with Gasteiger partial charge in [0.2, 0.25) is 5.91 Å². The fourth-order valence-corrected chi connectivity index (χ4v) is 1.60. The van der Waals surface area contributed by atoms with E-state index < -0.39 is 0 Å². The highest BCUT2D eigenvalue weighted by atomic mass is 16.3. The maximum absolute atomic E-state index is 11.5. The summed E-state index contributed by atoms with van der Waals surface area (Å²) in [6.45, 7) is 3.76. The highest BCUT2D eigenvalue weighted by molar-refractivity contribution is 5.98. The number of amides is 1. The zero-order valence-corrected chi connectivity index (χ0v) is 9.41. The minimum atomic E-state index is 0.00986. The molecule has 0 saturated carbocycles. The lowest BCUT2D eigenvalue weighted by Gasteiger charge is -2.03. The average molecular weight is 218 g/mol. The Kier molecular flexibility index (Phi) is 2.90. The van der Waals surface area contributed by atoms with Gasteiger partial charge in [0.1, 0.15) is 5.52 Å². The summed E-state index contributed by atoms with van der Waals surface area (Å²) in [6.07, 6.45) is 1.35. The Morgan fingerprint density at radius 3 is 3.06 bits per heavy atom. The number of nitrogens with one attached hydrogen (secondary N) is 1. The van der Waals surface area contributed by atoms with Crippen LogP contribution in [0.3, 0.4) is 0 Å². The van der Waals surface area contributed by atoms with Gasteiger partial charge in [0, 0.05) is 13.3 Å². The number of hydrogen-bond acceptors (Lipinski definition) is 3. The van der Waals surface area contributed by atoms with Crippen LogP contribution in [-0.4, -0.2) is 10.9 Å². The van der Waals surface area contributed by atoms with Crippen LogP contribution >= 0.6 is 0 Å². The number of anilines is 1. The Morgan fingerprint density at radius 2 is 2.31 bits per heavy atom. The summed E-state index contributed by atoms with van der Waals surface area (Å²) in [5, 5.41) is 2.84. The smallest absolute Gasteiger partial charge is 0.224 e. The lowest BCUT2D eigenvalue weighted by Crippen LogP contribution is -2.10. The summed E-state index contributed by atoms with van der Waals surface area (Å²) in [5.41, 5.74) is 2.13. The fraction of sp³-hybridized carbons (Fsp3) is 0.333. The molecule has 0 saturated heterocycles. The van der Waals surface area contributed by atoms with Crippen LogP contribution in [0.15, 0.2) is 22.6 Å². The van der Waals surface area contributed by atoms with Gasteiger partial charge < -0.3 is 9.73 Å². The van der Waals surface area contributed by atoms with Gasteiger partial charge in [-0.3, -0.25) is 4.79 Å². The zero-order chi connectivity index (χ0) is 11.5. The van der Waals surface area contributed by atoms with Crippen molar-refractivity contribution in [2.75, 3.05) is 5.32 Å². The molecule has 0 atom stereocenters. The number of carbonyl (C=O) groups is 1. The van der Waals surface area contributed by atoms with Crippen molar-refractivity contribution in [2.45, 2.75) is 26.7 Å². The van der Waals surface area contributed by atoms with E-state index in [4.69, 9.17) is 4.42 Å². The van der Waals surface area contributed by atoms with Crippen molar-refractivity contribution in [3.63, 3.8) is 0 Å². The summed E-state index contributed by atoms with van der Waals surface area (Å²) in [6, 6.07) is 5.51. The van der Waals surface area contributed by atoms with Gasteiger partial charge in [-0.1, -0.05) is 13.0 Å². The topological polar surface area (TPSA) is 55.1 Å². The molecule has 4 heteroatoms. The van der Waals surface area contributed by atoms with E-state index in [1.807, 2.05) is 25.1 Å². The van der Waals surface area contributed by atoms with Gasteiger partial charge in [0.25, 0.3) is 0 Å². The molecule has 1 aromatic heterocycles. The van der Waals surface area contributed by atoms with E-state index in [0.717, 1.165) is 6.42 Å². The molecule has 1 amide bonds. The minimum absolute atomic E-state index is 0.00986. The third kappa shape index (κ3) is 2.05. The normalized spacial score (nSPS) is 10.6. The summed E-state index contributed by atoms with van der Waals surface area (Å²) in [4.78, 5) is 15.7. The first kappa shape index (κ1) is 10.7. The molecule has 0 aliphatic carbocycles. The summed E-state index contributed by atoms with van der Waals surface area (Å²) < 4.78 is 5.39. The predicted octanol–water partition coefficient (Wildman–Crippen LogP) is 2.87. The van der Waals surface area contributed by atoms with E-state index in [-0.39, 0.29) is 5.91 Å². The van der Waals surface area contributed by atoms with Crippen molar-refractivity contribution in [3.05, 3.63) is 24.1 Å². The van der Waals surface area contributed by atoms with Crippen molar-refractivity contribution in [1.82, 2.24) is 4.98 Å². The molecule has 0 aliphatic heterocycles. The second-order valence-electron chi connectivity index (χ2n) is 3.68. The summed E-state index contributed by atoms with van der Waals surface area (Å²) in [7, 11) is 0. The number of benzene rings is 1. The molecule has 1 aromatic carbocycles. The van der Waals surface area contributed by atoms with Crippen LogP contribution in [0.2, 0.25) is 0 Å². The first-order chi connectivity index (χ1) is 7.70. The third-order valence-electron chi connectivity index (χ3n) is 2.28. The second-order valence-corrected chi connectivity index (χ2v) is 3.68. The third-order valence-corrected chi connectivity index (χ3v) is 2.28. The SMILES string of the molecule is CCCC(=O)Nc1cccc2oc(C)nc12. The van der Waals surface area contributed by atoms with Crippen molar-refractivity contribution in [1.29, 1.82) is 0 Å². The Balaban J connectivity index is 2.33. The molecule has 0 unspecified atom stereocenters. The molecule has 2 rings (SSSR count). The lowest BCUT2D eigenvalue weighted by molar-refractivity contribution is -0.116. The van der Waals surface area contributed by atoms with Crippen LogP contribution in [-0.2, 0) is 4.79 Å². The zero-order valence-electron chi connectivity index (χ0n) is 9.41. The number of para-hydroxylation sites is 1. The van der Waals surface area contributed by atoms with E-state index in [0.29, 0.717) is 29.1 Å². The van der Waals surface area contributed by atoms with Crippen molar-refractivity contribution >= 4 is 22.7 Å². The number of rotatable bonds is 3. The van der Waals surface area contributed by atoms with Crippen LogP contribution in [0, 0.1) is 6.92 Å². The molecule has 1 N–H and O–H groups in total. The van der Waals surface area contributed by atoms with E-state index in [9.17, 15) is 4.79 Å². The minimum Gasteiger partial charge on any atom is -0.441 e. The van der Waals surface area contributed by atoms with Crippen LogP contribution in [0.5, 0.6) is 0 Å². The molecule has 1 heterocycles. The van der Waals surface area contributed by atoms with Gasteiger partial charge in [0.15, 0.2) is 11.5 Å². The maximum Gasteiger partial charge on any atom is 0.224 e. The van der Waals surface area contributed by atoms with E-state index in [1.54, 1.807) is 6.92 Å². The van der Waals surface area contributed by atoms with Gasteiger partial charge in [-0.25, -0.2) is 4.98 Å². The number of carbonyl (C=O) groups excluding carboxylic acids is 1. The number of fused-ring (bicyclic) bond motifs is 1. The van der Waals surface area contributed by atoms with E-state index in [2.05, 4.69) is 10.3 Å². The molecule has 0 aliphatic rings. The number of aromatic nitrogens is 1. The van der Waals surface area contributed by atoms with Gasteiger partial charge in [-0.2, -0.15) is 0 Å². The van der Waals surface area contributed by atoms with Crippen LogP contribution in [0.4, 0.5) is 5.69 Å². The first-order valence-electron chi connectivity index (χ1n) is 5.36. The lowest BCUT2D eigenvalue weighted by atomic mass is 10.2. The molecule has 0 radical (unpaired) electrons. The van der Waals surface area contributed by atoms with Crippen LogP contribution in [0.1, 0.15) is 25.7 Å². The summed E-state index contributed by atoms with van der Waals surface area (Å²) >= 11 is 0. The first-order valence-corrected chi connectivity index (χ1v) is 5.36. The monoisotopic (exact) mass is 218 g/mol. The fourth-order valence-electron chi connectivity index (χ4n) is 1.60. The Morgan fingerprint density at radius 1 is 1.50 bits per heavy atom.